The topological polar surface area (TPSA) is 18.0 Å². The number of hydrogen-bond donors (Lipinski definition) is 0. The van der Waals surface area contributed by atoms with Crippen molar-refractivity contribution in [3.05, 3.63) is 65.6 Å². The molecule has 0 unspecified atom stereocenters. The van der Waals surface area contributed by atoms with Crippen LogP contribution in [0, 0.1) is 0 Å². The highest BCUT2D eigenvalue weighted by Crippen LogP contribution is 2.28. The van der Waals surface area contributed by atoms with Gasteiger partial charge in [0.2, 0.25) is 0 Å². The average Bonchev–Trinajstić information content (AvgIpc) is 2.86. The van der Waals surface area contributed by atoms with Crippen LogP contribution in [0.1, 0.15) is 32.0 Å². The third-order valence-electron chi connectivity index (χ3n) is 4.95. The van der Waals surface area contributed by atoms with E-state index < -0.39 is 0 Å². The largest absolute Gasteiger partial charge is 0.494 e. The first-order valence-electron chi connectivity index (χ1n) is 9.39. The average molecular weight is 449 g/mol. The molecule has 3 aromatic rings. The highest BCUT2D eigenvalue weighted by Gasteiger charge is 2.27. The molecule has 0 fully saturated rings. The number of aromatic nitrogens is 2. The van der Waals surface area contributed by atoms with Gasteiger partial charge in [0, 0.05) is 17.0 Å². The molecule has 142 valence electrons. The van der Waals surface area contributed by atoms with E-state index in [0.717, 1.165) is 23.7 Å². The number of imidazole rings is 1. The molecule has 1 aliphatic rings. The number of hydrogen-bond acceptors (Lipinski definition) is 1. The summed E-state index contributed by atoms with van der Waals surface area (Å²) >= 11 is 6.10. The Balaban J connectivity index is 0.00000210. The molecule has 0 radical (unpaired) electrons. The van der Waals surface area contributed by atoms with E-state index in [-0.39, 0.29) is 17.0 Å². The second kappa shape index (κ2) is 8.94. The molecule has 3 nitrogen and oxygen atoms in total. The number of halogens is 2. The summed E-state index contributed by atoms with van der Waals surface area (Å²) in [5, 5.41) is 0.766. The van der Waals surface area contributed by atoms with Crippen LogP contribution in [-0.2, 0) is 13.0 Å². The van der Waals surface area contributed by atoms with Gasteiger partial charge < -0.3 is 4.74 Å². The van der Waals surface area contributed by atoms with Gasteiger partial charge in [0.1, 0.15) is 17.6 Å². The zero-order chi connectivity index (χ0) is 17.9. The molecule has 0 aliphatic carbocycles. The predicted molar refractivity (Wildman–Crippen MR) is 115 cm³/mol. The van der Waals surface area contributed by atoms with Crippen molar-refractivity contribution in [1.29, 1.82) is 0 Å². The van der Waals surface area contributed by atoms with Gasteiger partial charge in [0.25, 0.3) is 5.82 Å². The lowest BCUT2D eigenvalue weighted by Crippen LogP contribution is -2.35. The first kappa shape index (κ1) is 20.0. The molecule has 0 saturated carbocycles. The fraction of sp³-hybridized carbons (Fsp3) is 0.318. The van der Waals surface area contributed by atoms with Crippen LogP contribution in [0.15, 0.2) is 54.7 Å². The van der Waals surface area contributed by atoms with E-state index in [0.29, 0.717) is 6.61 Å². The van der Waals surface area contributed by atoms with E-state index in [9.17, 15) is 0 Å². The minimum Gasteiger partial charge on any atom is -0.494 e. The second-order valence-corrected chi connectivity index (χ2v) is 7.14. The van der Waals surface area contributed by atoms with Gasteiger partial charge in [-0.15, -0.1) is 17.0 Å². The molecule has 1 aromatic heterocycles. The zero-order valence-corrected chi connectivity index (χ0v) is 18.0. The summed E-state index contributed by atoms with van der Waals surface area (Å²) in [6.45, 7) is 3.78. The van der Waals surface area contributed by atoms with Gasteiger partial charge in [-0.3, -0.25) is 0 Å². The molecule has 2 heterocycles. The van der Waals surface area contributed by atoms with Crippen molar-refractivity contribution in [1.82, 2.24) is 4.57 Å². The summed E-state index contributed by atoms with van der Waals surface area (Å²) in [4.78, 5) is 0. The highest BCUT2D eigenvalue weighted by molar-refractivity contribution is 8.93. The maximum Gasteiger partial charge on any atom is 0.262 e. The second-order valence-electron chi connectivity index (χ2n) is 6.70. The molecule has 0 bridgehead atoms. The SMILES string of the molecule is Br.CCOc1ccc(-n2c(-c3ccc(Cl)cc3)c[n+]3c2CCCCC3)cc1. The number of ether oxygens (including phenoxy) is 1. The van der Waals surface area contributed by atoms with E-state index in [4.69, 9.17) is 16.3 Å². The van der Waals surface area contributed by atoms with E-state index in [1.807, 2.05) is 19.1 Å². The van der Waals surface area contributed by atoms with Gasteiger partial charge in [-0.05, 0) is 74.7 Å². The summed E-state index contributed by atoms with van der Waals surface area (Å²) < 4.78 is 10.4. The number of aryl methyl sites for hydroxylation is 1. The van der Waals surface area contributed by atoms with E-state index in [1.54, 1.807) is 0 Å². The van der Waals surface area contributed by atoms with Gasteiger partial charge >= 0.3 is 0 Å². The fourth-order valence-corrected chi connectivity index (χ4v) is 3.83. The Bertz CT molecular complexity index is 888. The highest BCUT2D eigenvalue weighted by atomic mass is 79.9. The molecule has 0 atom stereocenters. The first-order chi connectivity index (χ1) is 12.8. The molecule has 0 spiro atoms. The Hall–Kier alpha value is -1.78. The zero-order valence-electron chi connectivity index (χ0n) is 15.5. The van der Waals surface area contributed by atoms with Crippen molar-refractivity contribution in [2.75, 3.05) is 6.61 Å². The first-order valence-corrected chi connectivity index (χ1v) is 9.77. The third-order valence-corrected chi connectivity index (χ3v) is 5.21. The summed E-state index contributed by atoms with van der Waals surface area (Å²) in [5.74, 6) is 2.28. The van der Waals surface area contributed by atoms with Crippen molar-refractivity contribution in [3.8, 4) is 22.7 Å². The molecule has 1 aliphatic heterocycles. The van der Waals surface area contributed by atoms with Crippen molar-refractivity contribution in [2.24, 2.45) is 0 Å². The fourth-order valence-electron chi connectivity index (χ4n) is 3.71. The Labute approximate surface area is 176 Å². The van der Waals surface area contributed by atoms with E-state index in [1.165, 1.54) is 42.0 Å². The van der Waals surface area contributed by atoms with Gasteiger partial charge in [0.15, 0.2) is 5.69 Å². The van der Waals surface area contributed by atoms with Gasteiger partial charge in [-0.25, -0.2) is 4.57 Å². The molecular formula is C22H25BrClN2O+. The number of nitrogens with zero attached hydrogens (tertiary/aromatic N) is 2. The van der Waals surface area contributed by atoms with Crippen LogP contribution in [0.4, 0.5) is 0 Å². The van der Waals surface area contributed by atoms with Crippen LogP contribution in [-0.4, -0.2) is 11.2 Å². The predicted octanol–water partition coefficient (Wildman–Crippen LogP) is 5.79. The summed E-state index contributed by atoms with van der Waals surface area (Å²) in [6, 6.07) is 16.5. The number of fused-ring (bicyclic) bond motifs is 1. The molecule has 0 N–H and O–H groups in total. The van der Waals surface area contributed by atoms with Crippen LogP contribution in [0.25, 0.3) is 16.9 Å². The monoisotopic (exact) mass is 447 g/mol. The lowest BCUT2D eigenvalue weighted by molar-refractivity contribution is -0.702. The Kier molecular flexibility index (Phi) is 6.61. The normalized spacial score (nSPS) is 13.4. The van der Waals surface area contributed by atoms with Crippen molar-refractivity contribution >= 4 is 28.6 Å². The number of benzene rings is 2. The van der Waals surface area contributed by atoms with Gasteiger partial charge in [-0.1, -0.05) is 11.6 Å². The molecule has 0 amide bonds. The maximum atomic E-state index is 6.10. The quantitative estimate of drug-likeness (QED) is 0.462. The Morgan fingerprint density at radius 2 is 1.74 bits per heavy atom. The molecular weight excluding hydrogens is 424 g/mol. The molecule has 2 aromatic carbocycles. The van der Waals surface area contributed by atoms with Crippen molar-refractivity contribution in [2.45, 2.75) is 39.2 Å². The molecule has 4 rings (SSSR count). The minimum absolute atomic E-state index is 0. The lowest BCUT2D eigenvalue weighted by Gasteiger charge is -2.07. The summed E-state index contributed by atoms with van der Waals surface area (Å²) in [6.07, 6.45) is 7.16. The Morgan fingerprint density at radius 3 is 2.44 bits per heavy atom. The van der Waals surface area contributed by atoms with Crippen LogP contribution in [0.5, 0.6) is 5.75 Å². The summed E-state index contributed by atoms with van der Waals surface area (Å²) in [5.41, 5.74) is 3.57. The standard InChI is InChI=1S/C22H24ClN2O.BrH/c1-2-26-20-13-11-19(12-14-20)25-21(17-7-9-18(23)10-8-17)16-24-15-5-3-4-6-22(24)25;/h7-14,16H,2-6,15H2,1H3;1H/q+1;. The van der Waals surface area contributed by atoms with Crippen molar-refractivity contribution < 1.29 is 9.30 Å². The van der Waals surface area contributed by atoms with Crippen LogP contribution >= 0.6 is 28.6 Å². The minimum atomic E-state index is 0. The number of rotatable bonds is 4. The molecule has 5 heteroatoms. The van der Waals surface area contributed by atoms with Gasteiger partial charge in [0.05, 0.1) is 13.2 Å². The Morgan fingerprint density at radius 1 is 1.00 bits per heavy atom. The van der Waals surface area contributed by atoms with Crippen molar-refractivity contribution in [3.63, 3.8) is 0 Å². The molecule has 0 saturated heterocycles. The van der Waals surface area contributed by atoms with Crippen LogP contribution in [0.2, 0.25) is 5.02 Å². The summed E-state index contributed by atoms with van der Waals surface area (Å²) in [7, 11) is 0. The lowest BCUT2D eigenvalue weighted by atomic mass is 10.1. The van der Waals surface area contributed by atoms with E-state index in [2.05, 4.69) is 51.7 Å². The smallest absolute Gasteiger partial charge is 0.262 e. The maximum absolute atomic E-state index is 6.10. The molecule has 27 heavy (non-hydrogen) atoms. The van der Waals surface area contributed by atoms with Gasteiger partial charge in [-0.2, -0.15) is 4.57 Å². The van der Waals surface area contributed by atoms with E-state index >= 15 is 0 Å². The van der Waals surface area contributed by atoms with Crippen LogP contribution in [0.3, 0.4) is 0 Å². The van der Waals surface area contributed by atoms with Crippen LogP contribution < -0.4 is 9.30 Å². The third kappa shape index (κ3) is 4.22.